The van der Waals surface area contributed by atoms with Crippen LogP contribution in [0, 0.1) is 18.3 Å². The molecule has 6 amide bonds. The maximum atomic E-state index is 14.5. The standard InChI is InChI=1S/C45H68BClN6O14/c1-12-13-32(46-66-44(8,9)45(10,11)67-46)52-40(63)29(20-24(2)3)51-42(65)37(43(5,6)7)53-41(64)30(22-26-14-15-27(47)21-25(26)4)50-38(61)28(16-18-34(55)56)49-39(62)31(23-36(59)60)48-33(54)17-19-35(57)58/h12,14-15,21,24,28-32,37H,1,13,16-20,22-23H2,2-11H3,(H,48,54)(H,49,62)(H,50,61)(H,51,65)(H,52,63)(H,53,64)(H,55,56)(H,57,58)(H,59,60)/t28-,29-,30-,31-,32?,37+/m0/s1. The largest absolute Gasteiger partial charge is 0.482 e. The molecule has 1 saturated heterocycles. The summed E-state index contributed by atoms with van der Waals surface area (Å²) in [7, 11) is -0.833. The molecular weight excluding hydrogens is 895 g/mol. The first-order valence-electron chi connectivity index (χ1n) is 22.1. The minimum absolute atomic E-state index is 0.0854. The third-order valence-corrected chi connectivity index (χ3v) is 11.6. The van der Waals surface area contributed by atoms with Crippen LogP contribution < -0.4 is 31.9 Å². The number of halogens is 1. The van der Waals surface area contributed by atoms with Gasteiger partial charge in [-0.05, 0) is 88.5 Å². The highest BCUT2D eigenvalue weighted by molar-refractivity contribution is 6.48. The lowest BCUT2D eigenvalue weighted by atomic mass is 9.76. The van der Waals surface area contributed by atoms with Gasteiger partial charge in [-0.3, -0.25) is 43.2 Å². The smallest absolute Gasteiger partial charge is 0.481 e. The highest BCUT2D eigenvalue weighted by Gasteiger charge is 2.54. The quantitative estimate of drug-likeness (QED) is 0.0477. The SMILES string of the molecule is C=CCC(NC(=O)[C@H](CC(C)C)NC(=O)[C@@H](NC(=O)[C@H](Cc1ccc(Cl)cc1C)NC(=O)[C@H](CCC(=O)O)NC(=O)[C@H](CC(=O)O)NC(=O)CCC(=O)O)C(C)(C)C)B1OC(C)(C)C(C)(C)O1. The summed E-state index contributed by atoms with van der Waals surface area (Å²) in [5.41, 5.74) is -1.25. The second-order valence-corrected chi connectivity index (χ2v) is 19.6. The predicted octanol–water partition coefficient (Wildman–Crippen LogP) is 2.60. The summed E-state index contributed by atoms with van der Waals surface area (Å²) >= 11 is 6.20. The summed E-state index contributed by atoms with van der Waals surface area (Å²) in [4.78, 5) is 117. The Morgan fingerprint density at radius 2 is 1.24 bits per heavy atom. The van der Waals surface area contributed by atoms with E-state index in [-0.39, 0.29) is 25.2 Å². The Balaban J connectivity index is 2.51. The highest BCUT2D eigenvalue weighted by Crippen LogP contribution is 2.38. The second-order valence-electron chi connectivity index (χ2n) is 19.2. The van der Waals surface area contributed by atoms with Crippen molar-refractivity contribution in [2.75, 3.05) is 0 Å². The van der Waals surface area contributed by atoms with E-state index < -0.39 is 145 Å². The molecule has 372 valence electrons. The molecule has 0 saturated carbocycles. The Morgan fingerprint density at radius 1 is 0.716 bits per heavy atom. The molecule has 0 bridgehead atoms. The average Bonchev–Trinajstić information content (AvgIpc) is 3.41. The lowest BCUT2D eigenvalue weighted by Gasteiger charge is -2.34. The van der Waals surface area contributed by atoms with Crippen LogP contribution in [0.25, 0.3) is 0 Å². The van der Waals surface area contributed by atoms with E-state index in [1.165, 1.54) is 0 Å². The van der Waals surface area contributed by atoms with Gasteiger partial charge in [-0.1, -0.05) is 58.4 Å². The van der Waals surface area contributed by atoms with Crippen LogP contribution in [0.1, 0.15) is 118 Å². The zero-order chi connectivity index (χ0) is 51.2. The van der Waals surface area contributed by atoms with Gasteiger partial charge in [0.05, 0.1) is 30.0 Å². The zero-order valence-corrected chi connectivity index (χ0v) is 40.8. The molecule has 1 heterocycles. The Bertz CT molecular complexity index is 1990. The predicted molar refractivity (Wildman–Crippen MR) is 247 cm³/mol. The van der Waals surface area contributed by atoms with Gasteiger partial charge in [-0.2, -0.15) is 0 Å². The topological polar surface area (TPSA) is 305 Å². The van der Waals surface area contributed by atoms with Gasteiger partial charge < -0.3 is 56.5 Å². The second kappa shape index (κ2) is 25.0. The molecule has 20 nitrogen and oxygen atoms in total. The molecule has 0 aliphatic carbocycles. The molecule has 0 radical (unpaired) electrons. The Morgan fingerprint density at radius 3 is 1.75 bits per heavy atom. The van der Waals surface area contributed by atoms with E-state index in [1.807, 2.05) is 41.5 Å². The summed E-state index contributed by atoms with van der Waals surface area (Å²) in [5, 5.41) is 43.7. The fraction of sp³-hybridized carbons (Fsp3) is 0.622. The monoisotopic (exact) mass is 962 g/mol. The van der Waals surface area contributed by atoms with Crippen molar-refractivity contribution in [1.29, 1.82) is 0 Å². The fourth-order valence-electron chi connectivity index (χ4n) is 6.90. The molecular formula is C45H68BClN6O14. The first-order chi connectivity index (χ1) is 30.9. The number of benzene rings is 1. The number of nitrogens with one attached hydrogen (secondary N) is 6. The number of aryl methyl sites for hydroxylation is 1. The lowest BCUT2D eigenvalue weighted by Crippen LogP contribution is -2.62. The first kappa shape index (κ1) is 57.6. The van der Waals surface area contributed by atoms with Crippen molar-refractivity contribution in [3.63, 3.8) is 0 Å². The summed E-state index contributed by atoms with van der Waals surface area (Å²) in [5.74, 6) is -10.4. The van der Waals surface area contributed by atoms with Crippen molar-refractivity contribution >= 4 is 72.1 Å². The lowest BCUT2D eigenvalue weighted by molar-refractivity contribution is -0.142. The molecule has 1 aliphatic rings. The maximum Gasteiger partial charge on any atom is 0.482 e. The molecule has 1 unspecified atom stereocenters. The number of carboxylic acids is 3. The Hall–Kier alpha value is -5.54. The summed E-state index contributed by atoms with van der Waals surface area (Å²) < 4.78 is 12.4. The number of rotatable bonds is 26. The van der Waals surface area contributed by atoms with Crippen molar-refractivity contribution in [3.05, 3.63) is 47.0 Å². The van der Waals surface area contributed by atoms with Crippen molar-refractivity contribution in [2.24, 2.45) is 11.3 Å². The summed E-state index contributed by atoms with van der Waals surface area (Å²) in [6.07, 6.45) is -1.55. The number of amides is 6. The van der Waals surface area contributed by atoms with Gasteiger partial charge >= 0.3 is 25.0 Å². The molecule has 22 heteroatoms. The van der Waals surface area contributed by atoms with Crippen molar-refractivity contribution in [1.82, 2.24) is 31.9 Å². The van der Waals surface area contributed by atoms with E-state index in [1.54, 1.807) is 52.0 Å². The number of hydrogen-bond acceptors (Lipinski definition) is 11. The molecule has 9 N–H and O–H groups in total. The van der Waals surface area contributed by atoms with E-state index in [2.05, 4.69) is 38.5 Å². The first-order valence-corrected chi connectivity index (χ1v) is 22.4. The average molecular weight is 963 g/mol. The van der Waals surface area contributed by atoms with Crippen LogP contribution in [0.5, 0.6) is 0 Å². The summed E-state index contributed by atoms with van der Waals surface area (Å²) in [6.45, 7) is 21.8. The van der Waals surface area contributed by atoms with Crippen LogP contribution in [0.2, 0.25) is 5.02 Å². The molecule has 0 aromatic heterocycles. The molecule has 1 aromatic carbocycles. The van der Waals surface area contributed by atoms with Crippen molar-refractivity contribution in [3.8, 4) is 0 Å². The van der Waals surface area contributed by atoms with Gasteiger partial charge in [0.2, 0.25) is 35.4 Å². The van der Waals surface area contributed by atoms with Gasteiger partial charge in [0, 0.05) is 24.3 Å². The van der Waals surface area contributed by atoms with Crippen molar-refractivity contribution < 1.29 is 67.8 Å². The highest BCUT2D eigenvalue weighted by atomic mass is 35.5. The summed E-state index contributed by atoms with van der Waals surface area (Å²) in [6, 6.07) is -2.66. The van der Waals surface area contributed by atoms with E-state index in [9.17, 15) is 53.4 Å². The minimum Gasteiger partial charge on any atom is -0.481 e. The van der Waals surface area contributed by atoms with E-state index in [0.29, 0.717) is 16.1 Å². The van der Waals surface area contributed by atoms with Crippen LogP contribution >= 0.6 is 11.6 Å². The van der Waals surface area contributed by atoms with E-state index in [0.717, 1.165) is 0 Å². The van der Waals surface area contributed by atoms with E-state index >= 15 is 0 Å². The van der Waals surface area contributed by atoms with Crippen LogP contribution in [-0.2, 0) is 58.9 Å². The van der Waals surface area contributed by atoms with Gasteiger partial charge in [-0.25, -0.2) is 0 Å². The minimum atomic E-state index is -1.81. The number of aliphatic carboxylic acids is 3. The molecule has 6 atom stereocenters. The molecule has 1 aromatic rings. The zero-order valence-electron chi connectivity index (χ0n) is 40.0. The van der Waals surface area contributed by atoms with E-state index in [4.69, 9.17) is 26.0 Å². The number of hydrogen-bond donors (Lipinski definition) is 9. The fourth-order valence-corrected chi connectivity index (χ4v) is 7.13. The van der Waals surface area contributed by atoms with Crippen molar-refractivity contribution in [2.45, 2.75) is 168 Å². The maximum absolute atomic E-state index is 14.5. The van der Waals surface area contributed by atoms with Crippen LogP contribution in [0.3, 0.4) is 0 Å². The van der Waals surface area contributed by atoms with Gasteiger partial charge in [-0.15, -0.1) is 6.58 Å². The number of carbonyl (C=O) groups is 9. The molecule has 67 heavy (non-hydrogen) atoms. The third-order valence-electron chi connectivity index (χ3n) is 11.3. The van der Waals surface area contributed by atoms with Crippen LogP contribution in [0.4, 0.5) is 0 Å². The number of carboxylic acid groups (broad SMARTS) is 3. The third kappa shape index (κ3) is 18.6. The molecule has 0 spiro atoms. The normalized spacial score (nSPS) is 16.8. The van der Waals surface area contributed by atoms with Crippen LogP contribution in [-0.4, -0.2) is 123 Å². The Kier molecular flexibility index (Phi) is 21.5. The Labute approximate surface area is 397 Å². The molecule has 1 aliphatic heterocycles. The van der Waals surface area contributed by atoms with Crippen LogP contribution in [0.15, 0.2) is 30.9 Å². The molecule has 1 fully saturated rings. The van der Waals surface area contributed by atoms with Gasteiger partial charge in [0.25, 0.3) is 0 Å². The van der Waals surface area contributed by atoms with Gasteiger partial charge in [0.15, 0.2) is 0 Å². The number of carbonyl (C=O) groups excluding carboxylic acids is 6. The molecule has 2 rings (SSSR count). The van der Waals surface area contributed by atoms with Gasteiger partial charge in [0.1, 0.15) is 30.2 Å².